The van der Waals surface area contributed by atoms with Gasteiger partial charge in [-0.1, -0.05) is 32.1 Å². The second-order valence-corrected chi connectivity index (χ2v) is 6.46. The minimum absolute atomic E-state index is 0.848. The average Bonchev–Trinajstić information content (AvgIpc) is 2.89. The lowest BCUT2D eigenvalue weighted by atomic mass is 10.00. The third-order valence-electron chi connectivity index (χ3n) is 5.02. The van der Waals surface area contributed by atoms with E-state index in [4.69, 9.17) is 0 Å². The molecule has 2 aliphatic rings. The van der Waals surface area contributed by atoms with E-state index in [1.54, 1.807) is 0 Å². The van der Waals surface area contributed by atoms with Crippen LogP contribution in [0.5, 0.6) is 0 Å². The first-order valence-corrected chi connectivity index (χ1v) is 8.27. The summed E-state index contributed by atoms with van der Waals surface area (Å²) in [5, 5.41) is 3.65. The summed E-state index contributed by atoms with van der Waals surface area (Å²) in [5.41, 5.74) is 0. The summed E-state index contributed by atoms with van der Waals surface area (Å²) in [4.78, 5) is 2.56. The van der Waals surface area contributed by atoms with Crippen LogP contribution < -0.4 is 5.32 Å². The van der Waals surface area contributed by atoms with Crippen molar-refractivity contribution in [1.29, 1.82) is 0 Å². The highest BCUT2D eigenvalue weighted by Gasteiger charge is 2.18. The van der Waals surface area contributed by atoms with E-state index in [-0.39, 0.29) is 0 Å². The van der Waals surface area contributed by atoms with Crippen molar-refractivity contribution in [2.75, 3.05) is 26.7 Å². The number of piperidine rings is 1. The van der Waals surface area contributed by atoms with E-state index in [0.29, 0.717) is 0 Å². The van der Waals surface area contributed by atoms with E-state index in [1.165, 1.54) is 83.8 Å². The van der Waals surface area contributed by atoms with Crippen molar-refractivity contribution in [3.8, 4) is 0 Å². The third-order valence-corrected chi connectivity index (χ3v) is 5.02. The number of nitrogens with zero attached hydrogens (tertiary/aromatic N) is 1. The molecule has 106 valence electrons. The lowest BCUT2D eigenvalue weighted by Crippen LogP contribution is -2.38. The molecule has 0 aromatic carbocycles. The van der Waals surface area contributed by atoms with E-state index in [2.05, 4.69) is 17.3 Å². The lowest BCUT2D eigenvalue weighted by molar-refractivity contribution is 0.175. The van der Waals surface area contributed by atoms with Crippen LogP contribution in [0.15, 0.2) is 0 Å². The van der Waals surface area contributed by atoms with E-state index in [1.807, 2.05) is 0 Å². The summed E-state index contributed by atoms with van der Waals surface area (Å²) in [7, 11) is 2.30. The van der Waals surface area contributed by atoms with Gasteiger partial charge in [0.1, 0.15) is 0 Å². The number of likely N-dealkylation sites (tertiary alicyclic amines) is 1. The molecule has 1 heterocycles. The fourth-order valence-corrected chi connectivity index (χ4v) is 3.72. The molecule has 1 N–H and O–H groups in total. The molecule has 1 saturated carbocycles. The van der Waals surface area contributed by atoms with Gasteiger partial charge in [0.15, 0.2) is 0 Å². The SMILES string of the molecule is CN1CCCCC1CCNCCCC1CCCC1. The van der Waals surface area contributed by atoms with Crippen molar-refractivity contribution in [2.45, 2.75) is 70.3 Å². The summed E-state index contributed by atoms with van der Waals surface area (Å²) in [6, 6.07) is 0.848. The average molecular weight is 252 g/mol. The van der Waals surface area contributed by atoms with Crippen LogP contribution in [0.25, 0.3) is 0 Å². The Kier molecular flexibility index (Phi) is 6.50. The zero-order valence-corrected chi connectivity index (χ0v) is 12.3. The summed E-state index contributed by atoms with van der Waals surface area (Å²) >= 11 is 0. The minimum Gasteiger partial charge on any atom is -0.317 e. The van der Waals surface area contributed by atoms with Gasteiger partial charge in [-0.3, -0.25) is 0 Å². The second kappa shape index (κ2) is 8.16. The maximum absolute atomic E-state index is 3.65. The number of hydrogen-bond acceptors (Lipinski definition) is 2. The van der Waals surface area contributed by atoms with Crippen LogP contribution >= 0.6 is 0 Å². The Morgan fingerprint density at radius 3 is 2.50 bits per heavy atom. The molecule has 2 heteroatoms. The first-order chi connectivity index (χ1) is 8.86. The fourth-order valence-electron chi connectivity index (χ4n) is 3.72. The monoisotopic (exact) mass is 252 g/mol. The third kappa shape index (κ3) is 4.89. The summed E-state index contributed by atoms with van der Waals surface area (Å²) in [6.45, 7) is 3.78. The van der Waals surface area contributed by atoms with Gasteiger partial charge in [-0.05, 0) is 64.7 Å². The Balaban J connectivity index is 1.43. The lowest BCUT2D eigenvalue weighted by Gasteiger charge is -2.32. The van der Waals surface area contributed by atoms with Crippen LogP contribution in [0.2, 0.25) is 0 Å². The largest absolute Gasteiger partial charge is 0.317 e. The molecule has 0 radical (unpaired) electrons. The van der Waals surface area contributed by atoms with Crippen molar-refractivity contribution >= 4 is 0 Å². The molecule has 0 aromatic rings. The minimum atomic E-state index is 0.848. The molecule has 1 aliphatic carbocycles. The van der Waals surface area contributed by atoms with E-state index >= 15 is 0 Å². The molecule has 1 unspecified atom stereocenters. The molecule has 1 aliphatic heterocycles. The normalized spacial score (nSPS) is 26.8. The van der Waals surface area contributed by atoms with E-state index < -0.39 is 0 Å². The van der Waals surface area contributed by atoms with Crippen LogP contribution in [-0.2, 0) is 0 Å². The second-order valence-electron chi connectivity index (χ2n) is 6.46. The quantitative estimate of drug-likeness (QED) is 0.698. The molecule has 2 rings (SSSR count). The zero-order chi connectivity index (χ0) is 12.6. The van der Waals surface area contributed by atoms with Crippen molar-refractivity contribution in [3.05, 3.63) is 0 Å². The predicted molar refractivity (Wildman–Crippen MR) is 78.9 cm³/mol. The van der Waals surface area contributed by atoms with Gasteiger partial charge in [-0.15, -0.1) is 0 Å². The first-order valence-electron chi connectivity index (χ1n) is 8.27. The Morgan fingerprint density at radius 2 is 1.72 bits per heavy atom. The van der Waals surface area contributed by atoms with Crippen molar-refractivity contribution in [2.24, 2.45) is 5.92 Å². The first kappa shape index (κ1) is 14.3. The standard InChI is InChI=1S/C16H32N2/c1-18-14-5-4-10-16(18)11-13-17-12-6-9-15-7-2-3-8-15/h15-17H,2-14H2,1H3. The topological polar surface area (TPSA) is 15.3 Å². The van der Waals surface area contributed by atoms with E-state index in [0.717, 1.165) is 12.0 Å². The molecular weight excluding hydrogens is 220 g/mol. The van der Waals surface area contributed by atoms with Crippen LogP contribution in [0, 0.1) is 5.92 Å². The molecule has 18 heavy (non-hydrogen) atoms. The van der Waals surface area contributed by atoms with Gasteiger partial charge in [0.25, 0.3) is 0 Å². The maximum Gasteiger partial charge on any atom is 0.0104 e. The Labute approximate surface area is 114 Å². The van der Waals surface area contributed by atoms with Gasteiger partial charge >= 0.3 is 0 Å². The van der Waals surface area contributed by atoms with Gasteiger partial charge in [-0.2, -0.15) is 0 Å². The highest BCUT2D eigenvalue weighted by atomic mass is 15.1. The molecular formula is C16H32N2. The summed E-state index contributed by atoms with van der Waals surface area (Å²) < 4.78 is 0. The molecule has 0 amide bonds. The summed E-state index contributed by atoms with van der Waals surface area (Å²) in [5.74, 6) is 1.07. The Hall–Kier alpha value is -0.0800. The number of hydrogen-bond donors (Lipinski definition) is 1. The van der Waals surface area contributed by atoms with Crippen LogP contribution in [0.1, 0.15) is 64.2 Å². The number of nitrogens with one attached hydrogen (secondary N) is 1. The zero-order valence-electron chi connectivity index (χ0n) is 12.3. The van der Waals surface area contributed by atoms with Crippen LogP contribution in [0.4, 0.5) is 0 Å². The molecule has 1 saturated heterocycles. The molecule has 0 aromatic heterocycles. The smallest absolute Gasteiger partial charge is 0.0104 e. The van der Waals surface area contributed by atoms with Gasteiger partial charge in [0.05, 0.1) is 0 Å². The van der Waals surface area contributed by atoms with Gasteiger partial charge in [-0.25, -0.2) is 0 Å². The Bertz CT molecular complexity index is 211. The van der Waals surface area contributed by atoms with Gasteiger partial charge < -0.3 is 10.2 Å². The molecule has 0 spiro atoms. The molecule has 1 atom stereocenters. The van der Waals surface area contributed by atoms with E-state index in [9.17, 15) is 0 Å². The Morgan fingerprint density at radius 1 is 0.944 bits per heavy atom. The van der Waals surface area contributed by atoms with Gasteiger partial charge in [0.2, 0.25) is 0 Å². The molecule has 2 fully saturated rings. The van der Waals surface area contributed by atoms with Crippen molar-refractivity contribution in [1.82, 2.24) is 10.2 Å². The fraction of sp³-hybridized carbons (Fsp3) is 1.00. The molecule has 0 bridgehead atoms. The summed E-state index contributed by atoms with van der Waals surface area (Å²) in [6.07, 6.45) is 14.5. The van der Waals surface area contributed by atoms with Crippen LogP contribution in [0.3, 0.4) is 0 Å². The maximum atomic E-state index is 3.65. The number of rotatable bonds is 7. The van der Waals surface area contributed by atoms with Crippen molar-refractivity contribution < 1.29 is 0 Å². The van der Waals surface area contributed by atoms with Gasteiger partial charge in [0, 0.05) is 6.04 Å². The molecule has 2 nitrogen and oxygen atoms in total. The van der Waals surface area contributed by atoms with Crippen molar-refractivity contribution in [3.63, 3.8) is 0 Å². The van der Waals surface area contributed by atoms with Crippen LogP contribution in [-0.4, -0.2) is 37.6 Å². The predicted octanol–water partition coefficient (Wildman–Crippen LogP) is 3.42. The highest BCUT2D eigenvalue weighted by molar-refractivity contribution is 4.75. The highest BCUT2D eigenvalue weighted by Crippen LogP contribution is 2.28.